The van der Waals surface area contributed by atoms with E-state index in [1.54, 1.807) is 12.1 Å². The van der Waals surface area contributed by atoms with Crippen LogP contribution in [0.5, 0.6) is 11.5 Å². The van der Waals surface area contributed by atoms with Crippen LogP contribution in [0.15, 0.2) is 42.5 Å². The van der Waals surface area contributed by atoms with Crippen molar-refractivity contribution >= 4 is 0 Å². The van der Waals surface area contributed by atoms with Gasteiger partial charge in [-0.05, 0) is 48.9 Å². The van der Waals surface area contributed by atoms with E-state index in [9.17, 15) is 4.39 Å². The molecule has 0 saturated carbocycles. The number of fused-ring (bicyclic) bond motifs is 1. The number of rotatable bonds is 4. The number of halogens is 1. The second-order valence-corrected chi connectivity index (χ2v) is 4.79. The van der Waals surface area contributed by atoms with Crippen LogP contribution in [-0.4, -0.2) is 13.8 Å². The van der Waals surface area contributed by atoms with Gasteiger partial charge < -0.3 is 14.8 Å². The second kappa shape index (κ2) is 5.51. The molecule has 0 radical (unpaired) electrons. The van der Waals surface area contributed by atoms with Crippen molar-refractivity contribution in [3.8, 4) is 11.5 Å². The lowest BCUT2D eigenvalue weighted by molar-refractivity contribution is 0.174. The van der Waals surface area contributed by atoms with Gasteiger partial charge >= 0.3 is 0 Å². The molecule has 0 bridgehead atoms. The number of ether oxygens (including phenoxy) is 2. The van der Waals surface area contributed by atoms with Gasteiger partial charge in [-0.1, -0.05) is 18.2 Å². The van der Waals surface area contributed by atoms with Crippen LogP contribution in [0.4, 0.5) is 4.39 Å². The Morgan fingerprint density at radius 2 is 2.00 bits per heavy atom. The first-order valence-corrected chi connectivity index (χ1v) is 6.57. The first-order chi connectivity index (χ1) is 9.76. The minimum atomic E-state index is -0.206. The summed E-state index contributed by atoms with van der Waals surface area (Å²) in [6.07, 6.45) is 0.716. The van der Waals surface area contributed by atoms with Crippen molar-refractivity contribution in [2.75, 3.05) is 13.8 Å². The predicted molar refractivity (Wildman–Crippen MR) is 74.5 cm³/mol. The molecular weight excluding hydrogens is 257 g/mol. The van der Waals surface area contributed by atoms with Gasteiger partial charge in [0.1, 0.15) is 5.82 Å². The van der Waals surface area contributed by atoms with Gasteiger partial charge in [0.15, 0.2) is 11.5 Å². The Morgan fingerprint density at radius 3 is 2.80 bits per heavy atom. The molecule has 0 spiro atoms. The zero-order valence-corrected chi connectivity index (χ0v) is 11.2. The molecule has 1 heterocycles. The van der Waals surface area contributed by atoms with Gasteiger partial charge in [0.2, 0.25) is 6.79 Å². The average Bonchev–Trinajstić information content (AvgIpc) is 2.92. The van der Waals surface area contributed by atoms with Crippen molar-refractivity contribution in [1.82, 2.24) is 5.32 Å². The highest BCUT2D eigenvalue weighted by molar-refractivity contribution is 5.45. The molecule has 3 rings (SSSR count). The highest BCUT2D eigenvalue weighted by Crippen LogP contribution is 2.34. The quantitative estimate of drug-likeness (QED) is 0.928. The summed E-state index contributed by atoms with van der Waals surface area (Å²) in [4.78, 5) is 0. The standard InChI is InChI=1S/C16H16FNO2/c1-18-14(8-11-3-2-4-13(17)7-11)12-5-6-15-16(9-12)20-10-19-15/h2-7,9,14,18H,8,10H2,1H3. The molecule has 1 aliphatic heterocycles. The molecule has 0 aromatic heterocycles. The van der Waals surface area contributed by atoms with E-state index in [1.165, 1.54) is 6.07 Å². The van der Waals surface area contributed by atoms with E-state index in [-0.39, 0.29) is 18.7 Å². The third-order valence-corrected chi connectivity index (χ3v) is 3.48. The van der Waals surface area contributed by atoms with Crippen molar-refractivity contribution in [3.63, 3.8) is 0 Å². The number of hydrogen-bond donors (Lipinski definition) is 1. The van der Waals surface area contributed by atoms with Crippen molar-refractivity contribution in [2.45, 2.75) is 12.5 Å². The Balaban J connectivity index is 1.83. The van der Waals surface area contributed by atoms with Gasteiger partial charge in [-0.2, -0.15) is 0 Å². The van der Waals surface area contributed by atoms with E-state index in [0.29, 0.717) is 6.42 Å². The zero-order chi connectivity index (χ0) is 13.9. The molecular formula is C16H16FNO2. The van der Waals surface area contributed by atoms with E-state index in [1.807, 2.05) is 31.3 Å². The molecule has 0 aliphatic carbocycles. The SMILES string of the molecule is CNC(Cc1cccc(F)c1)c1ccc2c(c1)OCO2. The summed E-state index contributed by atoms with van der Waals surface area (Å²) in [6.45, 7) is 0.271. The minimum absolute atomic E-state index is 0.103. The molecule has 4 heteroatoms. The normalized spacial score (nSPS) is 14.3. The molecule has 1 N–H and O–H groups in total. The van der Waals surface area contributed by atoms with E-state index >= 15 is 0 Å². The van der Waals surface area contributed by atoms with Crippen LogP contribution in [0.3, 0.4) is 0 Å². The molecule has 1 atom stereocenters. The monoisotopic (exact) mass is 273 g/mol. The highest BCUT2D eigenvalue weighted by Gasteiger charge is 2.17. The largest absolute Gasteiger partial charge is 0.454 e. The van der Waals surface area contributed by atoms with Crippen molar-refractivity contribution in [3.05, 3.63) is 59.4 Å². The minimum Gasteiger partial charge on any atom is -0.454 e. The van der Waals surface area contributed by atoms with E-state index in [2.05, 4.69) is 5.32 Å². The zero-order valence-electron chi connectivity index (χ0n) is 11.2. The lowest BCUT2D eigenvalue weighted by Crippen LogP contribution is -2.18. The van der Waals surface area contributed by atoms with Crippen LogP contribution in [0.1, 0.15) is 17.2 Å². The van der Waals surface area contributed by atoms with E-state index in [0.717, 1.165) is 22.6 Å². The fraction of sp³-hybridized carbons (Fsp3) is 0.250. The topological polar surface area (TPSA) is 30.5 Å². The maximum atomic E-state index is 13.2. The maximum Gasteiger partial charge on any atom is 0.231 e. The Bertz CT molecular complexity index is 615. The first-order valence-electron chi connectivity index (χ1n) is 6.57. The Labute approximate surface area is 117 Å². The average molecular weight is 273 g/mol. The summed E-state index contributed by atoms with van der Waals surface area (Å²) < 4.78 is 23.9. The van der Waals surface area contributed by atoms with Crippen molar-refractivity contribution < 1.29 is 13.9 Å². The lowest BCUT2D eigenvalue weighted by atomic mass is 9.98. The highest BCUT2D eigenvalue weighted by atomic mass is 19.1. The van der Waals surface area contributed by atoms with Gasteiger partial charge in [-0.3, -0.25) is 0 Å². The van der Waals surface area contributed by atoms with Crippen LogP contribution < -0.4 is 14.8 Å². The number of likely N-dealkylation sites (N-methyl/N-ethyl adjacent to an activating group) is 1. The molecule has 0 saturated heterocycles. The van der Waals surface area contributed by atoms with E-state index in [4.69, 9.17) is 9.47 Å². The van der Waals surface area contributed by atoms with Crippen molar-refractivity contribution in [2.24, 2.45) is 0 Å². The molecule has 2 aromatic carbocycles. The lowest BCUT2D eigenvalue weighted by Gasteiger charge is -2.17. The fourth-order valence-electron chi connectivity index (χ4n) is 2.42. The van der Waals surface area contributed by atoms with Crippen LogP contribution >= 0.6 is 0 Å². The summed E-state index contributed by atoms with van der Waals surface area (Å²) in [5.41, 5.74) is 2.06. The molecule has 3 nitrogen and oxygen atoms in total. The summed E-state index contributed by atoms with van der Waals surface area (Å²) in [6, 6.07) is 12.7. The molecule has 20 heavy (non-hydrogen) atoms. The number of nitrogens with one attached hydrogen (secondary N) is 1. The third kappa shape index (κ3) is 2.60. The Hall–Kier alpha value is -2.07. The van der Waals surface area contributed by atoms with Crippen molar-refractivity contribution in [1.29, 1.82) is 0 Å². The Morgan fingerprint density at radius 1 is 1.15 bits per heavy atom. The molecule has 1 unspecified atom stereocenters. The molecule has 104 valence electrons. The molecule has 1 aliphatic rings. The van der Waals surface area contributed by atoms with Gasteiger partial charge in [-0.25, -0.2) is 4.39 Å². The molecule has 0 fully saturated rings. The maximum absolute atomic E-state index is 13.2. The van der Waals surface area contributed by atoms with Gasteiger partial charge in [-0.15, -0.1) is 0 Å². The van der Waals surface area contributed by atoms with Crippen LogP contribution in [0.2, 0.25) is 0 Å². The van der Waals surface area contributed by atoms with Gasteiger partial charge in [0.05, 0.1) is 0 Å². The summed E-state index contributed by atoms with van der Waals surface area (Å²) in [5, 5.41) is 3.26. The summed E-state index contributed by atoms with van der Waals surface area (Å²) in [5.74, 6) is 1.33. The number of hydrogen-bond acceptors (Lipinski definition) is 3. The van der Waals surface area contributed by atoms with Gasteiger partial charge in [0.25, 0.3) is 0 Å². The first kappa shape index (κ1) is 12.9. The number of benzene rings is 2. The third-order valence-electron chi connectivity index (χ3n) is 3.48. The van der Waals surface area contributed by atoms with Crippen LogP contribution in [0.25, 0.3) is 0 Å². The van der Waals surface area contributed by atoms with Crippen LogP contribution in [0, 0.1) is 5.82 Å². The fourth-order valence-corrected chi connectivity index (χ4v) is 2.42. The molecule has 2 aromatic rings. The predicted octanol–water partition coefficient (Wildman–Crippen LogP) is 3.06. The second-order valence-electron chi connectivity index (χ2n) is 4.79. The van der Waals surface area contributed by atoms with Crippen LogP contribution in [-0.2, 0) is 6.42 Å². The Kier molecular flexibility index (Phi) is 3.56. The van der Waals surface area contributed by atoms with Gasteiger partial charge in [0, 0.05) is 6.04 Å². The smallest absolute Gasteiger partial charge is 0.231 e. The summed E-state index contributed by atoms with van der Waals surface area (Å²) in [7, 11) is 1.90. The van der Waals surface area contributed by atoms with E-state index < -0.39 is 0 Å². The molecule has 0 amide bonds. The summed E-state index contributed by atoms with van der Waals surface area (Å²) >= 11 is 0.